The first-order chi connectivity index (χ1) is 47.7. The summed E-state index contributed by atoms with van der Waals surface area (Å²) in [7, 11) is 0. The van der Waals surface area contributed by atoms with E-state index in [1.165, 1.54) is 41.7 Å². The van der Waals surface area contributed by atoms with Crippen molar-refractivity contribution in [3.05, 3.63) is 349 Å². The maximum Gasteiger partial charge on any atom is 0.256 e. The van der Waals surface area contributed by atoms with E-state index in [9.17, 15) is 0 Å². The highest BCUT2D eigenvalue weighted by molar-refractivity contribution is 8.00. The van der Waals surface area contributed by atoms with E-state index in [0.29, 0.717) is 0 Å². The number of hydrogen-bond donors (Lipinski definition) is 0. The third-order valence-corrected chi connectivity index (χ3v) is 22.4. The number of benzene rings is 14. The number of ether oxygens (including phenoxy) is 2. The molecule has 0 saturated carbocycles. The number of rotatable bonds is 8. The molecule has 5 nitrogen and oxygen atoms in total. The normalized spacial score (nSPS) is 14.0. The molecule has 14 aromatic rings. The summed E-state index contributed by atoms with van der Waals surface area (Å²) in [6.45, 7) is 6.74. The molecule has 0 unspecified atom stereocenters. The van der Waals surface area contributed by atoms with Gasteiger partial charge in [0.25, 0.3) is 6.71 Å². The Kier molecular flexibility index (Phi) is 13.3. The standard InChI is InChI=1S/C89H62BN3O2S2/c1-88(2,3)63-53-66(57-26-8-4-9-27-57)87(67(54-63)58-28-10-5-11-29-58)93-76-55-64(91-72-35-17-22-40-82(72)96-83-41-23-18-36-73(83)91)45-48-70(76)90-71-49-46-65(92-74-37-19-24-42-84(74)97-85-43-25-20-38-75(85)92)56-80(71)95-81-52-60(50-77(93)86(81)90)59-44-47-69-79(51-59)94-78-39-21-16-34-68(78)89(69,61-30-12-6-13-31-61)62-32-14-7-15-33-62/h4-56H,1-3H3. The minimum atomic E-state index is -0.688. The lowest BCUT2D eigenvalue weighted by Crippen LogP contribution is -2.59. The number of hydrogen-bond acceptors (Lipinski definition) is 7. The molecule has 0 bridgehead atoms. The van der Waals surface area contributed by atoms with Gasteiger partial charge in [-0.3, -0.25) is 0 Å². The first-order valence-corrected chi connectivity index (χ1v) is 34.9. The second-order valence-corrected chi connectivity index (χ2v) is 28.8. The van der Waals surface area contributed by atoms with E-state index in [2.05, 4.69) is 357 Å². The number of fused-ring (bicyclic) bond motifs is 10. The Balaban J connectivity index is 0.910. The van der Waals surface area contributed by atoms with Crippen LogP contribution >= 0.6 is 23.5 Å². The first kappa shape index (κ1) is 57.3. The van der Waals surface area contributed by atoms with E-state index in [1.807, 2.05) is 23.5 Å². The summed E-state index contributed by atoms with van der Waals surface area (Å²) in [5.41, 5.74) is 24.6. The predicted molar refractivity (Wildman–Crippen MR) is 403 cm³/mol. The van der Waals surface area contributed by atoms with Crippen molar-refractivity contribution in [3.8, 4) is 56.4 Å². The zero-order chi connectivity index (χ0) is 64.5. The van der Waals surface area contributed by atoms with Gasteiger partial charge in [0.15, 0.2) is 0 Å². The molecule has 0 aromatic heterocycles. The summed E-state index contributed by atoms with van der Waals surface area (Å²) in [4.78, 5) is 12.3. The Labute approximate surface area is 575 Å². The molecular formula is C89H62BN3O2S2. The Hall–Kier alpha value is -11.2. The van der Waals surface area contributed by atoms with Gasteiger partial charge in [0, 0.05) is 70.7 Å². The summed E-state index contributed by atoms with van der Waals surface area (Å²) in [5, 5.41) is 0. The van der Waals surface area contributed by atoms with E-state index in [1.54, 1.807) is 0 Å². The van der Waals surface area contributed by atoms with Crippen LogP contribution in [0.2, 0.25) is 0 Å². The van der Waals surface area contributed by atoms with Crippen molar-refractivity contribution in [3.63, 3.8) is 0 Å². The molecule has 8 heteroatoms. The van der Waals surface area contributed by atoms with Gasteiger partial charge in [0.2, 0.25) is 0 Å². The molecule has 0 spiro atoms. The van der Waals surface area contributed by atoms with Crippen LogP contribution in [0.1, 0.15) is 48.6 Å². The van der Waals surface area contributed by atoms with Crippen LogP contribution in [-0.4, -0.2) is 6.71 Å². The largest absolute Gasteiger partial charge is 0.458 e. The van der Waals surface area contributed by atoms with E-state index in [4.69, 9.17) is 9.47 Å². The fourth-order valence-electron chi connectivity index (χ4n) is 15.7. The average Bonchev–Trinajstić information content (AvgIpc) is 0.417. The second kappa shape index (κ2) is 22.5. The monoisotopic (exact) mass is 1280 g/mol. The van der Waals surface area contributed by atoms with Gasteiger partial charge in [0.1, 0.15) is 23.0 Å². The third-order valence-electron chi connectivity index (χ3n) is 20.1. The van der Waals surface area contributed by atoms with Crippen molar-refractivity contribution in [1.82, 2.24) is 0 Å². The SMILES string of the molecule is CC(C)(C)c1cc(-c2ccccc2)c(N2c3cc(N4c5ccccc5Sc5ccccc54)ccc3B3c4ccc(N5c6ccccc6Sc6ccccc65)cc4Oc4cc(-c5ccc6c(c5)Oc5ccccc5C6(c5ccccc5)c5ccccc5)cc2c43)c(-c2ccccc2)c1. The van der Waals surface area contributed by atoms with Crippen LogP contribution in [-0.2, 0) is 10.8 Å². The Morgan fingerprint density at radius 2 is 0.773 bits per heavy atom. The molecule has 0 amide bonds. The van der Waals surface area contributed by atoms with E-state index >= 15 is 0 Å². The van der Waals surface area contributed by atoms with Crippen LogP contribution in [0.5, 0.6) is 23.0 Å². The van der Waals surface area contributed by atoms with Gasteiger partial charge in [-0.1, -0.05) is 257 Å². The first-order valence-electron chi connectivity index (χ1n) is 33.3. The molecule has 0 aliphatic carbocycles. The highest BCUT2D eigenvalue weighted by Crippen LogP contribution is 2.59. The van der Waals surface area contributed by atoms with Crippen molar-refractivity contribution >= 4 is 97.8 Å². The maximum absolute atomic E-state index is 7.79. The van der Waals surface area contributed by atoms with Gasteiger partial charge in [0.05, 0.1) is 33.9 Å². The Morgan fingerprint density at radius 3 is 1.32 bits per heavy atom. The molecule has 19 rings (SSSR count). The van der Waals surface area contributed by atoms with Gasteiger partial charge in [-0.2, -0.15) is 0 Å². The van der Waals surface area contributed by atoms with Gasteiger partial charge in [-0.05, 0) is 164 Å². The number of nitrogens with zero attached hydrogens (tertiary/aromatic N) is 3. The highest BCUT2D eigenvalue weighted by atomic mass is 32.2. The minimum Gasteiger partial charge on any atom is -0.458 e. The number of para-hydroxylation sites is 5. The fraction of sp³-hybridized carbons (Fsp3) is 0.0562. The molecule has 5 heterocycles. The lowest BCUT2D eigenvalue weighted by atomic mass is 9.34. The molecule has 0 saturated heterocycles. The fourth-order valence-corrected chi connectivity index (χ4v) is 17.9. The molecular weight excluding hydrogens is 1220 g/mol. The summed E-state index contributed by atoms with van der Waals surface area (Å²) in [6.07, 6.45) is 0. The minimum absolute atomic E-state index is 0.197. The lowest BCUT2D eigenvalue weighted by molar-refractivity contribution is 0.434. The van der Waals surface area contributed by atoms with Crippen LogP contribution < -0.4 is 40.6 Å². The molecule has 0 N–H and O–H groups in total. The lowest BCUT2D eigenvalue weighted by Gasteiger charge is -2.43. The quantitative estimate of drug-likeness (QED) is 0.140. The maximum atomic E-state index is 7.79. The van der Waals surface area contributed by atoms with Gasteiger partial charge in [-0.25, -0.2) is 0 Å². The van der Waals surface area contributed by atoms with Crippen LogP contribution in [0.3, 0.4) is 0 Å². The second-order valence-electron chi connectivity index (χ2n) is 26.7. The smallest absolute Gasteiger partial charge is 0.256 e. The van der Waals surface area contributed by atoms with Gasteiger partial charge < -0.3 is 24.2 Å². The predicted octanol–water partition coefficient (Wildman–Crippen LogP) is 22.7. The van der Waals surface area contributed by atoms with Crippen molar-refractivity contribution in [2.24, 2.45) is 0 Å². The van der Waals surface area contributed by atoms with Gasteiger partial charge >= 0.3 is 0 Å². The highest BCUT2D eigenvalue weighted by Gasteiger charge is 2.47. The zero-order valence-electron chi connectivity index (χ0n) is 53.7. The van der Waals surface area contributed by atoms with Crippen LogP contribution in [0.4, 0.5) is 51.2 Å². The summed E-state index contributed by atoms with van der Waals surface area (Å²) >= 11 is 3.65. The molecule has 5 aliphatic rings. The number of anilines is 9. The van der Waals surface area contributed by atoms with E-state index in [-0.39, 0.29) is 12.1 Å². The van der Waals surface area contributed by atoms with Crippen LogP contribution in [0.15, 0.2) is 341 Å². The zero-order valence-corrected chi connectivity index (χ0v) is 55.3. The van der Waals surface area contributed by atoms with Crippen molar-refractivity contribution < 1.29 is 9.47 Å². The Morgan fingerprint density at radius 1 is 0.320 bits per heavy atom. The summed E-state index contributed by atoms with van der Waals surface area (Å²) in [6, 6.07) is 119. The van der Waals surface area contributed by atoms with Crippen molar-refractivity contribution in [2.75, 3.05) is 14.7 Å². The third kappa shape index (κ3) is 9.11. The van der Waals surface area contributed by atoms with Crippen LogP contribution in [0.25, 0.3) is 33.4 Å². The van der Waals surface area contributed by atoms with Crippen molar-refractivity contribution in [2.45, 2.75) is 51.2 Å². The molecule has 0 radical (unpaired) electrons. The molecule has 97 heavy (non-hydrogen) atoms. The summed E-state index contributed by atoms with van der Waals surface area (Å²) < 4.78 is 15.1. The topological polar surface area (TPSA) is 28.2 Å². The van der Waals surface area contributed by atoms with E-state index in [0.717, 1.165) is 130 Å². The molecule has 14 aromatic carbocycles. The Bertz CT molecular complexity index is 5310. The molecule has 0 fully saturated rings. The molecule has 0 atom stereocenters. The van der Waals surface area contributed by atoms with Gasteiger partial charge in [-0.15, -0.1) is 0 Å². The summed E-state index contributed by atoms with van der Waals surface area (Å²) in [5.74, 6) is 3.24. The molecule has 460 valence electrons. The average molecular weight is 1280 g/mol. The van der Waals surface area contributed by atoms with Crippen LogP contribution in [0, 0.1) is 0 Å². The van der Waals surface area contributed by atoms with Crippen molar-refractivity contribution in [1.29, 1.82) is 0 Å². The molecule has 5 aliphatic heterocycles. The van der Waals surface area contributed by atoms with E-state index < -0.39 is 5.41 Å².